The van der Waals surface area contributed by atoms with Gasteiger partial charge in [0, 0.05) is 36.3 Å². The molecule has 0 aliphatic carbocycles. The van der Waals surface area contributed by atoms with Crippen molar-refractivity contribution >= 4 is 23.4 Å². The summed E-state index contributed by atoms with van der Waals surface area (Å²) in [6.07, 6.45) is 4.91. The van der Waals surface area contributed by atoms with Gasteiger partial charge in [0.2, 0.25) is 5.91 Å². The van der Waals surface area contributed by atoms with Crippen molar-refractivity contribution in [1.29, 1.82) is 0 Å². The van der Waals surface area contributed by atoms with Crippen molar-refractivity contribution in [1.82, 2.24) is 15.5 Å². The van der Waals surface area contributed by atoms with Crippen molar-refractivity contribution in [2.24, 2.45) is 5.92 Å². The van der Waals surface area contributed by atoms with Crippen molar-refractivity contribution in [2.75, 3.05) is 19.6 Å². The summed E-state index contributed by atoms with van der Waals surface area (Å²) in [5.41, 5.74) is 1.83. The van der Waals surface area contributed by atoms with E-state index >= 15 is 0 Å². The Morgan fingerprint density at radius 2 is 1.83 bits per heavy atom. The first kappa shape index (κ1) is 23.4. The van der Waals surface area contributed by atoms with E-state index in [1.54, 1.807) is 24.3 Å². The Hall–Kier alpha value is -1.85. The molecule has 160 valence electrons. The molecule has 2 atom stereocenters. The van der Waals surface area contributed by atoms with Gasteiger partial charge in [-0.2, -0.15) is 0 Å². The number of likely N-dealkylation sites (tertiary alicyclic amines) is 1. The monoisotopic (exact) mass is 419 g/mol. The van der Waals surface area contributed by atoms with Gasteiger partial charge in [-0.3, -0.25) is 14.5 Å². The Kier molecular flexibility index (Phi) is 9.18. The fraction of sp³-hybridized carbons (Fsp3) is 0.565. The van der Waals surface area contributed by atoms with E-state index in [2.05, 4.69) is 35.5 Å². The summed E-state index contributed by atoms with van der Waals surface area (Å²) in [6.45, 7) is 11.2. The number of hydrogen-bond acceptors (Lipinski definition) is 3. The van der Waals surface area contributed by atoms with Crippen molar-refractivity contribution < 1.29 is 9.59 Å². The average molecular weight is 420 g/mol. The van der Waals surface area contributed by atoms with Crippen LogP contribution in [0.2, 0.25) is 5.02 Å². The Morgan fingerprint density at radius 1 is 1.21 bits per heavy atom. The van der Waals surface area contributed by atoms with Crippen LogP contribution in [0.1, 0.15) is 57.3 Å². The number of amides is 2. The van der Waals surface area contributed by atoms with E-state index in [0.717, 1.165) is 38.9 Å². The molecule has 1 aliphatic heterocycles. The molecule has 2 N–H and O–H groups in total. The highest BCUT2D eigenvalue weighted by atomic mass is 35.5. The van der Waals surface area contributed by atoms with E-state index < -0.39 is 6.04 Å². The maximum atomic E-state index is 13.0. The van der Waals surface area contributed by atoms with Crippen LogP contribution in [0.15, 0.2) is 35.9 Å². The van der Waals surface area contributed by atoms with Gasteiger partial charge in [0.25, 0.3) is 5.91 Å². The Morgan fingerprint density at radius 3 is 2.38 bits per heavy atom. The average Bonchev–Trinajstić information content (AvgIpc) is 2.71. The second-order valence-electron chi connectivity index (χ2n) is 8.21. The lowest BCUT2D eigenvalue weighted by molar-refractivity contribution is -0.125. The lowest BCUT2D eigenvalue weighted by Crippen LogP contribution is -2.54. The Bertz CT molecular complexity index is 705. The van der Waals surface area contributed by atoms with Crippen molar-refractivity contribution in [2.45, 2.75) is 59.0 Å². The van der Waals surface area contributed by atoms with Crippen LogP contribution in [0.4, 0.5) is 0 Å². The largest absolute Gasteiger partial charge is 0.351 e. The lowest BCUT2D eigenvalue weighted by atomic mass is 9.96. The Balaban J connectivity index is 1.93. The highest BCUT2D eigenvalue weighted by molar-refractivity contribution is 6.30. The van der Waals surface area contributed by atoms with Crippen LogP contribution >= 0.6 is 11.6 Å². The minimum absolute atomic E-state index is 0.0454. The number of allylic oxidation sites excluding steroid dienone is 1. The SMILES string of the molecule is CCC(C)C(NC(=O)c1ccc(Cl)cc1)C(=O)NC1CCN(CC=C(C)C)CC1. The predicted molar refractivity (Wildman–Crippen MR) is 119 cm³/mol. The summed E-state index contributed by atoms with van der Waals surface area (Å²) >= 11 is 5.90. The summed E-state index contributed by atoms with van der Waals surface area (Å²) < 4.78 is 0. The predicted octanol–water partition coefficient (Wildman–Crippen LogP) is 4.03. The van der Waals surface area contributed by atoms with Gasteiger partial charge >= 0.3 is 0 Å². The number of rotatable bonds is 8. The third-order valence-corrected chi connectivity index (χ3v) is 5.83. The van der Waals surface area contributed by atoms with E-state index in [4.69, 9.17) is 11.6 Å². The van der Waals surface area contributed by atoms with Gasteiger partial charge < -0.3 is 10.6 Å². The fourth-order valence-corrected chi connectivity index (χ4v) is 3.52. The molecule has 2 amide bonds. The number of nitrogens with one attached hydrogen (secondary N) is 2. The normalized spacial score (nSPS) is 17.3. The zero-order valence-electron chi connectivity index (χ0n) is 18.0. The van der Waals surface area contributed by atoms with Crippen LogP contribution in [0.3, 0.4) is 0 Å². The minimum atomic E-state index is -0.549. The fourth-order valence-electron chi connectivity index (χ4n) is 3.39. The molecule has 1 aromatic rings. The van der Waals surface area contributed by atoms with Gasteiger partial charge in [-0.1, -0.05) is 43.5 Å². The standard InChI is InChI=1S/C23H34ClN3O2/c1-5-17(4)21(26-22(28)18-6-8-19(24)9-7-18)23(29)25-20-11-14-27(15-12-20)13-10-16(2)3/h6-10,17,20-21H,5,11-15H2,1-4H3,(H,25,29)(H,26,28). The van der Waals surface area contributed by atoms with Gasteiger partial charge in [-0.15, -0.1) is 0 Å². The van der Waals surface area contributed by atoms with Crippen LogP contribution in [-0.2, 0) is 4.79 Å². The number of piperidine rings is 1. The quantitative estimate of drug-likeness (QED) is 0.625. The summed E-state index contributed by atoms with van der Waals surface area (Å²) in [5, 5.41) is 6.67. The van der Waals surface area contributed by atoms with Crippen LogP contribution in [0.5, 0.6) is 0 Å². The third kappa shape index (κ3) is 7.48. The molecule has 5 nitrogen and oxygen atoms in total. The van der Waals surface area contributed by atoms with E-state index in [-0.39, 0.29) is 23.8 Å². The molecule has 0 radical (unpaired) electrons. The lowest BCUT2D eigenvalue weighted by Gasteiger charge is -2.33. The number of benzene rings is 1. The van der Waals surface area contributed by atoms with Crippen LogP contribution < -0.4 is 10.6 Å². The van der Waals surface area contributed by atoms with Gasteiger partial charge in [0.05, 0.1) is 0 Å². The third-order valence-electron chi connectivity index (χ3n) is 5.58. The highest BCUT2D eigenvalue weighted by Gasteiger charge is 2.29. The minimum Gasteiger partial charge on any atom is -0.351 e. The van der Waals surface area contributed by atoms with Crippen molar-refractivity contribution in [3.63, 3.8) is 0 Å². The molecule has 1 aromatic carbocycles. The number of halogens is 1. The topological polar surface area (TPSA) is 61.4 Å². The molecule has 0 aromatic heterocycles. The van der Waals surface area contributed by atoms with E-state index in [0.29, 0.717) is 10.6 Å². The molecule has 2 rings (SSSR count). The summed E-state index contributed by atoms with van der Waals surface area (Å²) in [4.78, 5) is 28.0. The van der Waals surface area contributed by atoms with Crippen LogP contribution in [0.25, 0.3) is 0 Å². The van der Waals surface area contributed by atoms with E-state index in [1.807, 2.05) is 13.8 Å². The second kappa shape index (κ2) is 11.4. The molecule has 1 saturated heterocycles. The van der Waals surface area contributed by atoms with Gasteiger partial charge in [-0.05, 0) is 56.9 Å². The van der Waals surface area contributed by atoms with Crippen molar-refractivity contribution in [3.8, 4) is 0 Å². The second-order valence-corrected chi connectivity index (χ2v) is 8.64. The first-order valence-corrected chi connectivity index (χ1v) is 10.9. The summed E-state index contributed by atoms with van der Waals surface area (Å²) in [6, 6.07) is 6.31. The molecule has 0 saturated carbocycles. The van der Waals surface area contributed by atoms with E-state index in [1.165, 1.54) is 5.57 Å². The molecule has 1 fully saturated rings. The molecule has 0 bridgehead atoms. The van der Waals surface area contributed by atoms with Gasteiger partial charge in [0.1, 0.15) is 6.04 Å². The summed E-state index contributed by atoms with van der Waals surface area (Å²) in [7, 11) is 0. The van der Waals surface area contributed by atoms with Gasteiger partial charge in [-0.25, -0.2) is 0 Å². The molecule has 1 aliphatic rings. The molecular formula is C23H34ClN3O2. The van der Waals surface area contributed by atoms with Crippen molar-refractivity contribution in [3.05, 3.63) is 46.5 Å². The smallest absolute Gasteiger partial charge is 0.251 e. The number of hydrogen-bond donors (Lipinski definition) is 2. The number of carbonyl (C=O) groups is 2. The first-order chi connectivity index (χ1) is 13.8. The number of nitrogens with zero attached hydrogens (tertiary/aromatic N) is 1. The summed E-state index contributed by atoms with van der Waals surface area (Å²) in [5.74, 6) is -0.299. The molecule has 6 heteroatoms. The number of carbonyl (C=O) groups excluding carboxylic acids is 2. The molecule has 1 heterocycles. The Labute approximate surface area is 179 Å². The molecule has 29 heavy (non-hydrogen) atoms. The van der Waals surface area contributed by atoms with E-state index in [9.17, 15) is 9.59 Å². The van der Waals surface area contributed by atoms with Crippen LogP contribution in [0, 0.1) is 5.92 Å². The molecular weight excluding hydrogens is 386 g/mol. The zero-order valence-corrected chi connectivity index (χ0v) is 18.8. The maximum Gasteiger partial charge on any atom is 0.251 e. The highest BCUT2D eigenvalue weighted by Crippen LogP contribution is 2.15. The molecule has 0 spiro atoms. The molecule has 2 unspecified atom stereocenters. The first-order valence-electron chi connectivity index (χ1n) is 10.5. The zero-order chi connectivity index (χ0) is 21.4. The van der Waals surface area contributed by atoms with Gasteiger partial charge in [0.15, 0.2) is 0 Å². The maximum absolute atomic E-state index is 13.0. The van der Waals surface area contributed by atoms with Crippen LogP contribution in [-0.4, -0.2) is 48.4 Å².